The highest BCUT2D eigenvalue weighted by atomic mass is 16.3. The topological polar surface area (TPSA) is 30.2 Å². The summed E-state index contributed by atoms with van der Waals surface area (Å²) in [5.41, 5.74) is -0.0216. The second kappa shape index (κ2) is 3.36. The van der Waals surface area contributed by atoms with Gasteiger partial charge in [-0.2, -0.15) is 0 Å². The normalized spacial score (nSPS) is 11.7. The summed E-state index contributed by atoms with van der Waals surface area (Å²) >= 11 is 0. The lowest BCUT2D eigenvalue weighted by atomic mass is 9.94. The van der Waals surface area contributed by atoms with Crippen LogP contribution in [0.1, 0.15) is 50.4 Å². The Bertz CT molecular complexity index is 302. The Balaban J connectivity index is 2.93. The highest BCUT2D eigenvalue weighted by Gasteiger charge is 2.19. The maximum Gasteiger partial charge on any atom is 0.197 e. The Labute approximate surface area is 78.9 Å². The lowest BCUT2D eigenvalue weighted by Gasteiger charge is -2.13. The molecule has 1 aromatic rings. The van der Waals surface area contributed by atoms with Gasteiger partial charge < -0.3 is 4.42 Å². The highest BCUT2D eigenvalue weighted by molar-refractivity contribution is 5.93. The van der Waals surface area contributed by atoms with Gasteiger partial charge in [0.1, 0.15) is 5.76 Å². The third-order valence-corrected chi connectivity index (χ3v) is 1.94. The highest BCUT2D eigenvalue weighted by Crippen LogP contribution is 2.24. The molecule has 0 radical (unpaired) electrons. The zero-order valence-electron chi connectivity index (χ0n) is 8.68. The van der Waals surface area contributed by atoms with E-state index in [9.17, 15) is 4.79 Å². The maximum atomic E-state index is 11.3. The number of ketones is 1. The van der Waals surface area contributed by atoms with Crippen molar-refractivity contribution in [3.8, 4) is 0 Å². The molecule has 0 aliphatic heterocycles. The van der Waals surface area contributed by atoms with E-state index in [-0.39, 0.29) is 11.2 Å². The van der Waals surface area contributed by atoms with Crippen LogP contribution in [-0.2, 0) is 5.41 Å². The summed E-state index contributed by atoms with van der Waals surface area (Å²) in [5, 5.41) is 0. The Morgan fingerprint density at radius 2 is 2.00 bits per heavy atom. The number of furan rings is 1. The van der Waals surface area contributed by atoms with E-state index in [4.69, 9.17) is 4.42 Å². The van der Waals surface area contributed by atoms with E-state index in [1.807, 2.05) is 13.0 Å². The van der Waals surface area contributed by atoms with Gasteiger partial charge in [-0.3, -0.25) is 4.79 Å². The van der Waals surface area contributed by atoms with E-state index in [1.165, 1.54) is 0 Å². The van der Waals surface area contributed by atoms with E-state index in [2.05, 4.69) is 20.8 Å². The molecule has 1 heterocycles. The van der Waals surface area contributed by atoms with Gasteiger partial charge in [-0.05, 0) is 12.1 Å². The first-order chi connectivity index (χ1) is 5.95. The number of rotatable bonds is 2. The number of carbonyl (C=O) groups is 1. The second-order valence-electron chi connectivity index (χ2n) is 4.19. The molecule has 1 rings (SSSR count). The van der Waals surface area contributed by atoms with Crippen LogP contribution in [0.25, 0.3) is 0 Å². The minimum absolute atomic E-state index is 0.0216. The third-order valence-electron chi connectivity index (χ3n) is 1.94. The molecular weight excluding hydrogens is 164 g/mol. The first-order valence-corrected chi connectivity index (χ1v) is 4.58. The third kappa shape index (κ3) is 2.20. The number of hydrogen-bond acceptors (Lipinski definition) is 2. The van der Waals surface area contributed by atoms with Crippen molar-refractivity contribution in [2.45, 2.75) is 39.5 Å². The molecule has 0 aliphatic rings. The van der Waals surface area contributed by atoms with Crippen molar-refractivity contribution >= 4 is 5.78 Å². The molecule has 2 nitrogen and oxygen atoms in total. The van der Waals surface area contributed by atoms with Crippen LogP contribution in [0.2, 0.25) is 0 Å². The molecule has 1 aromatic heterocycles. The predicted octanol–water partition coefficient (Wildman–Crippen LogP) is 3.17. The van der Waals surface area contributed by atoms with Gasteiger partial charge in [0, 0.05) is 11.8 Å². The van der Waals surface area contributed by atoms with Crippen LogP contribution in [0.5, 0.6) is 0 Å². The molecule has 0 N–H and O–H groups in total. The second-order valence-corrected chi connectivity index (χ2v) is 4.19. The molecule has 0 unspecified atom stereocenters. The van der Waals surface area contributed by atoms with Crippen LogP contribution < -0.4 is 0 Å². The maximum absolute atomic E-state index is 11.3. The lowest BCUT2D eigenvalue weighted by molar-refractivity contribution is 0.0958. The van der Waals surface area contributed by atoms with E-state index >= 15 is 0 Å². The van der Waals surface area contributed by atoms with Gasteiger partial charge >= 0.3 is 0 Å². The van der Waals surface area contributed by atoms with Crippen LogP contribution in [0, 0.1) is 0 Å². The van der Waals surface area contributed by atoms with Crippen LogP contribution >= 0.6 is 0 Å². The Kier molecular flexibility index (Phi) is 2.60. The molecule has 0 saturated carbocycles. The van der Waals surface area contributed by atoms with Crippen molar-refractivity contribution in [1.29, 1.82) is 0 Å². The monoisotopic (exact) mass is 180 g/mol. The summed E-state index contributed by atoms with van der Waals surface area (Å²) in [7, 11) is 0. The van der Waals surface area contributed by atoms with Crippen molar-refractivity contribution in [3.63, 3.8) is 0 Å². The van der Waals surface area contributed by atoms with Gasteiger partial charge in [-0.25, -0.2) is 0 Å². The minimum Gasteiger partial charge on any atom is -0.457 e. The fourth-order valence-electron chi connectivity index (χ4n) is 1.07. The number of hydrogen-bond donors (Lipinski definition) is 0. The average molecular weight is 180 g/mol. The summed E-state index contributed by atoms with van der Waals surface area (Å²) in [4.78, 5) is 11.3. The van der Waals surface area contributed by atoms with Crippen molar-refractivity contribution in [1.82, 2.24) is 0 Å². The zero-order valence-corrected chi connectivity index (χ0v) is 8.68. The van der Waals surface area contributed by atoms with Crippen LogP contribution in [0.3, 0.4) is 0 Å². The first-order valence-electron chi connectivity index (χ1n) is 4.58. The Hall–Kier alpha value is -1.05. The molecule has 0 atom stereocenters. The summed E-state index contributed by atoms with van der Waals surface area (Å²) < 4.78 is 5.45. The quantitative estimate of drug-likeness (QED) is 0.654. The molecule has 0 aliphatic carbocycles. The Morgan fingerprint density at radius 3 is 2.38 bits per heavy atom. The molecular formula is C11H16O2. The van der Waals surface area contributed by atoms with Gasteiger partial charge in [-0.15, -0.1) is 0 Å². The van der Waals surface area contributed by atoms with Gasteiger partial charge in [0.2, 0.25) is 0 Å². The van der Waals surface area contributed by atoms with Crippen molar-refractivity contribution in [2.24, 2.45) is 0 Å². The number of carbonyl (C=O) groups excluding carboxylic acids is 1. The van der Waals surface area contributed by atoms with E-state index in [0.29, 0.717) is 12.2 Å². The fraction of sp³-hybridized carbons (Fsp3) is 0.545. The molecule has 2 heteroatoms. The van der Waals surface area contributed by atoms with E-state index in [0.717, 1.165) is 5.76 Å². The van der Waals surface area contributed by atoms with Gasteiger partial charge in [0.05, 0.1) is 0 Å². The molecule has 0 saturated heterocycles. The molecule has 72 valence electrons. The summed E-state index contributed by atoms with van der Waals surface area (Å²) in [6.45, 7) is 8.02. The molecule has 13 heavy (non-hydrogen) atoms. The van der Waals surface area contributed by atoms with Crippen LogP contribution in [0.15, 0.2) is 16.5 Å². The predicted molar refractivity (Wildman–Crippen MR) is 52.0 cm³/mol. The minimum atomic E-state index is -0.0216. The molecule has 0 amide bonds. The largest absolute Gasteiger partial charge is 0.457 e. The van der Waals surface area contributed by atoms with Crippen molar-refractivity contribution < 1.29 is 9.21 Å². The van der Waals surface area contributed by atoms with E-state index in [1.54, 1.807) is 6.07 Å². The summed E-state index contributed by atoms with van der Waals surface area (Å²) in [5.74, 6) is 1.41. The summed E-state index contributed by atoms with van der Waals surface area (Å²) in [6, 6.07) is 3.63. The average Bonchev–Trinajstić information content (AvgIpc) is 2.50. The SMILES string of the molecule is CCC(=O)c1ccc(C(C)(C)C)o1. The Morgan fingerprint density at radius 1 is 1.38 bits per heavy atom. The molecule has 0 bridgehead atoms. The van der Waals surface area contributed by atoms with Crippen molar-refractivity contribution in [2.75, 3.05) is 0 Å². The lowest BCUT2D eigenvalue weighted by Crippen LogP contribution is -2.09. The van der Waals surface area contributed by atoms with Crippen molar-refractivity contribution in [3.05, 3.63) is 23.7 Å². The van der Waals surface area contributed by atoms with Crippen LogP contribution in [0.4, 0.5) is 0 Å². The fourth-order valence-corrected chi connectivity index (χ4v) is 1.07. The zero-order chi connectivity index (χ0) is 10.1. The number of Topliss-reactive ketones (excluding diaryl/α,β-unsaturated/α-hetero) is 1. The van der Waals surface area contributed by atoms with Gasteiger partial charge in [0.15, 0.2) is 11.5 Å². The first kappa shape index (κ1) is 10.0. The van der Waals surface area contributed by atoms with Crippen LogP contribution in [-0.4, -0.2) is 5.78 Å². The van der Waals surface area contributed by atoms with E-state index < -0.39 is 0 Å². The standard InChI is InChI=1S/C11H16O2/c1-5-8(12)9-6-7-10(13-9)11(2,3)4/h6-7H,5H2,1-4H3. The molecule has 0 fully saturated rings. The molecule has 0 aromatic carbocycles. The van der Waals surface area contributed by atoms with Gasteiger partial charge in [-0.1, -0.05) is 27.7 Å². The summed E-state index contributed by atoms with van der Waals surface area (Å²) in [6.07, 6.45) is 0.497. The van der Waals surface area contributed by atoms with Gasteiger partial charge in [0.25, 0.3) is 0 Å². The smallest absolute Gasteiger partial charge is 0.197 e. The molecule has 0 spiro atoms.